The summed E-state index contributed by atoms with van der Waals surface area (Å²) in [6.07, 6.45) is 2.01. The van der Waals surface area contributed by atoms with E-state index in [-0.39, 0.29) is 17.9 Å². The highest BCUT2D eigenvalue weighted by Gasteiger charge is 2.26. The molecule has 1 heterocycles. The maximum atomic E-state index is 12.0. The summed E-state index contributed by atoms with van der Waals surface area (Å²) in [6.45, 7) is 3.84. The van der Waals surface area contributed by atoms with E-state index in [1.165, 1.54) is 0 Å². The molecule has 0 bridgehead atoms. The van der Waals surface area contributed by atoms with Gasteiger partial charge in [-0.2, -0.15) is 4.98 Å². The molecule has 1 aromatic carbocycles. The second-order valence-electron chi connectivity index (χ2n) is 6.41. The smallest absolute Gasteiger partial charge is 0.365 e. The van der Waals surface area contributed by atoms with Crippen molar-refractivity contribution in [2.75, 3.05) is 11.1 Å². The summed E-state index contributed by atoms with van der Waals surface area (Å²) in [6, 6.07) is 8.87. The monoisotopic (exact) mass is 354 g/mol. The maximum absolute atomic E-state index is 12.0. The van der Waals surface area contributed by atoms with Crippen molar-refractivity contribution in [3.63, 3.8) is 0 Å². The van der Waals surface area contributed by atoms with Gasteiger partial charge in [0.25, 0.3) is 0 Å². The molecule has 0 radical (unpaired) electrons. The lowest BCUT2D eigenvalue weighted by Crippen LogP contribution is -2.15. The van der Waals surface area contributed by atoms with Gasteiger partial charge in [-0.25, -0.2) is 9.78 Å². The molecule has 5 N–H and O–H groups in total. The molecule has 136 valence electrons. The topological polar surface area (TPSA) is 129 Å². The number of anilines is 2. The molecular formula is C18H22N6O2. The number of hydrogen-bond acceptors (Lipinski definition) is 7. The summed E-state index contributed by atoms with van der Waals surface area (Å²) in [5.41, 5.74) is 13.6. The Morgan fingerprint density at radius 3 is 2.62 bits per heavy atom. The number of carbonyl (C=O) groups excluding carboxylic acids is 1. The van der Waals surface area contributed by atoms with Gasteiger partial charge in [0.2, 0.25) is 5.95 Å². The standard InChI is InChI=1S/C18H22N6O2/c1-10-9-15(23-18(20)21-10)22-11(2)12-3-7-14(8-4-12)17(25)26-24-16(19)13-5-6-13/h3-4,7-9,11,13H,5-6H2,1-2H3,(H2,19,24)(H3,20,21,22,23)/t11-/m0/s1. The number of oxime groups is 1. The van der Waals surface area contributed by atoms with Crippen LogP contribution >= 0.6 is 0 Å². The Morgan fingerprint density at radius 2 is 2.00 bits per heavy atom. The van der Waals surface area contributed by atoms with Crippen LogP contribution in [0, 0.1) is 12.8 Å². The number of nitrogen functional groups attached to an aromatic ring is 1. The van der Waals surface area contributed by atoms with Crippen LogP contribution in [0.5, 0.6) is 0 Å². The van der Waals surface area contributed by atoms with Gasteiger partial charge in [0.15, 0.2) is 0 Å². The average molecular weight is 354 g/mol. The number of nitrogens with two attached hydrogens (primary N) is 2. The van der Waals surface area contributed by atoms with Crippen LogP contribution in [0.3, 0.4) is 0 Å². The lowest BCUT2D eigenvalue weighted by molar-refractivity contribution is 0.0514. The summed E-state index contributed by atoms with van der Waals surface area (Å²) in [5, 5.41) is 6.96. The van der Waals surface area contributed by atoms with Crippen molar-refractivity contribution in [1.29, 1.82) is 0 Å². The number of benzene rings is 1. The fourth-order valence-corrected chi connectivity index (χ4v) is 2.48. The second-order valence-corrected chi connectivity index (χ2v) is 6.41. The highest BCUT2D eigenvalue weighted by molar-refractivity contribution is 5.91. The molecule has 26 heavy (non-hydrogen) atoms. The predicted octanol–water partition coefficient (Wildman–Crippen LogP) is 2.38. The summed E-state index contributed by atoms with van der Waals surface area (Å²) in [5.74, 6) is 0.989. The molecule has 1 fully saturated rings. The minimum Gasteiger partial charge on any atom is -0.384 e. The first kappa shape index (κ1) is 17.7. The molecule has 1 saturated carbocycles. The molecule has 0 unspecified atom stereocenters. The van der Waals surface area contributed by atoms with E-state index in [4.69, 9.17) is 16.3 Å². The fourth-order valence-electron chi connectivity index (χ4n) is 2.48. The summed E-state index contributed by atoms with van der Waals surface area (Å²) >= 11 is 0. The lowest BCUT2D eigenvalue weighted by atomic mass is 10.1. The average Bonchev–Trinajstić information content (AvgIpc) is 3.43. The van der Waals surface area contributed by atoms with E-state index in [0.29, 0.717) is 17.2 Å². The van der Waals surface area contributed by atoms with Gasteiger partial charge in [0.1, 0.15) is 11.7 Å². The zero-order valence-electron chi connectivity index (χ0n) is 14.8. The van der Waals surface area contributed by atoms with Crippen molar-refractivity contribution in [2.24, 2.45) is 16.8 Å². The van der Waals surface area contributed by atoms with Gasteiger partial charge in [-0.15, -0.1) is 0 Å². The lowest BCUT2D eigenvalue weighted by Gasteiger charge is -2.15. The molecule has 2 aromatic rings. The van der Waals surface area contributed by atoms with Crippen molar-refractivity contribution in [1.82, 2.24) is 9.97 Å². The van der Waals surface area contributed by atoms with Crippen molar-refractivity contribution >= 4 is 23.6 Å². The molecule has 0 aliphatic heterocycles. The quantitative estimate of drug-likeness (QED) is 0.314. The van der Waals surface area contributed by atoms with E-state index in [1.54, 1.807) is 12.1 Å². The Hall–Kier alpha value is -3.16. The van der Waals surface area contributed by atoms with Crippen LogP contribution in [0.1, 0.15) is 47.4 Å². The van der Waals surface area contributed by atoms with Crippen molar-refractivity contribution in [2.45, 2.75) is 32.7 Å². The number of aryl methyl sites for hydroxylation is 1. The van der Waals surface area contributed by atoms with E-state index >= 15 is 0 Å². The number of aromatic nitrogens is 2. The molecule has 0 spiro atoms. The van der Waals surface area contributed by atoms with Gasteiger partial charge >= 0.3 is 5.97 Å². The van der Waals surface area contributed by atoms with Crippen LogP contribution < -0.4 is 16.8 Å². The van der Waals surface area contributed by atoms with E-state index in [0.717, 1.165) is 24.1 Å². The van der Waals surface area contributed by atoms with Crippen LogP contribution in [-0.4, -0.2) is 21.8 Å². The van der Waals surface area contributed by atoms with Gasteiger partial charge in [-0.3, -0.25) is 0 Å². The van der Waals surface area contributed by atoms with E-state index in [9.17, 15) is 4.79 Å². The zero-order valence-corrected chi connectivity index (χ0v) is 14.8. The summed E-state index contributed by atoms with van der Waals surface area (Å²) in [4.78, 5) is 25.1. The zero-order chi connectivity index (χ0) is 18.7. The van der Waals surface area contributed by atoms with Gasteiger partial charge in [0, 0.05) is 23.7 Å². The fraction of sp³-hybridized carbons (Fsp3) is 0.333. The first-order chi connectivity index (χ1) is 12.4. The Bertz CT molecular complexity index is 810. The molecule has 8 heteroatoms. The molecule has 1 atom stereocenters. The number of nitrogens with zero attached hydrogens (tertiary/aromatic N) is 3. The molecule has 1 aliphatic carbocycles. The van der Waals surface area contributed by atoms with Crippen molar-refractivity contribution in [3.8, 4) is 0 Å². The van der Waals surface area contributed by atoms with E-state index in [2.05, 4.69) is 20.4 Å². The highest BCUT2D eigenvalue weighted by atomic mass is 16.7. The molecule has 8 nitrogen and oxygen atoms in total. The number of nitrogens with one attached hydrogen (secondary N) is 1. The van der Waals surface area contributed by atoms with E-state index in [1.807, 2.05) is 32.0 Å². The number of amidine groups is 1. The molecular weight excluding hydrogens is 332 g/mol. The van der Waals surface area contributed by atoms with Gasteiger partial charge in [-0.1, -0.05) is 17.3 Å². The number of rotatable bonds is 6. The molecule has 0 amide bonds. The Morgan fingerprint density at radius 1 is 1.31 bits per heavy atom. The summed E-state index contributed by atoms with van der Waals surface area (Å²) < 4.78 is 0. The van der Waals surface area contributed by atoms with Crippen LogP contribution in [0.2, 0.25) is 0 Å². The second kappa shape index (κ2) is 7.38. The largest absolute Gasteiger partial charge is 0.384 e. The van der Waals surface area contributed by atoms with Crippen LogP contribution in [0.25, 0.3) is 0 Å². The van der Waals surface area contributed by atoms with Gasteiger partial charge < -0.3 is 21.6 Å². The first-order valence-corrected chi connectivity index (χ1v) is 8.44. The Balaban J connectivity index is 1.62. The third-order valence-electron chi connectivity index (χ3n) is 4.11. The van der Waals surface area contributed by atoms with Crippen LogP contribution in [0.4, 0.5) is 11.8 Å². The Kier molecular flexibility index (Phi) is 5.01. The minimum atomic E-state index is -0.528. The van der Waals surface area contributed by atoms with Crippen LogP contribution in [-0.2, 0) is 4.84 Å². The predicted molar refractivity (Wildman–Crippen MR) is 99.4 cm³/mol. The number of hydrogen-bond donors (Lipinski definition) is 3. The molecule has 3 rings (SSSR count). The normalized spacial score (nSPS) is 15.4. The summed E-state index contributed by atoms with van der Waals surface area (Å²) in [7, 11) is 0. The van der Waals surface area contributed by atoms with Crippen molar-refractivity contribution in [3.05, 3.63) is 47.2 Å². The molecule has 0 saturated heterocycles. The van der Waals surface area contributed by atoms with E-state index < -0.39 is 5.97 Å². The maximum Gasteiger partial charge on any atom is 0.365 e. The Labute approximate surface area is 151 Å². The number of carbonyl (C=O) groups is 1. The van der Waals surface area contributed by atoms with Crippen LogP contribution in [0.15, 0.2) is 35.5 Å². The van der Waals surface area contributed by atoms with Gasteiger partial charge in [-0.05, 0) is 44.4 Å². The SMILES string of the molecule is Cc1cc(N[C@@H](C)c2ccc(C(=O)O/N=C(\N)C3CC3)cc2)nc(N)n1. The third kappa shape index (κ3) is 4.47. The third-order valence-corrected chi connectivity index (χ3v) is 4.11. The minimum absolute atomic E-state index is 0.0303. The van der Waals surface area contributed by atoms with Gasteiger partial charge in [0.05, 0.1) is 5.56 Å². The highest BCUT2D eigenvalue weighted by Crippen LogP contribution is 2.28. The molecule has 1 aromatic heterocycles. The molecule has 1 aliphatic rings. The van der Waals surface area contributed by atoms with Crippen molar-refractivity contribution < 1.29 is 9.63 Å². The first-order valence-electron chi connectivity index (χ1n) is 8.44.